The van der Waals surface area contributed by atoms with Crippen molar-refractivity contribution >= 4 is 11.9 Å². The van der Waals surface area contributed by atoms with Gasteiger partial charge in [0.2, 0.25) is 5.91 Å². The fourth-order valence-corrected chi connectivity index (χ4v) is 0.876. The van der Waals surface area contributed by atoms with Gasteiger partial charge in [0.25, 0.3) is 0 Å². The molecule has 17 heavy (non-hydrogen) atoms. The van der Waals surface area contributed by atoms with Gasteiger partial charge in [-0.15, -0.1) is 0 Å². The lowest BCUT2D eigenvalue weighted by molar-refractivity contribution is -0.192. The van der Waals surface area contributed by atoms with Crippen molar-refractivity contribution in [2.75, 3.05) is 13.1 Å². The second-order valence-electron chi connectivity index (χ2n) is 3.82. The van der Waals surface area contributed by atoms with E-state index in [0.717, 1.165) is 13.1 Å². The third kappa shape index (κ3) is 6.77. The van der Waals surface area contributed by atoms with Crippen LogP contribution in [-0.4, -0.2) is 42.3 Å². The molecule has 3 N–H and O–H groups in total. The van der Waals surface area contributed by atoms with Crippen LogP contribution in [0, 0.1) is 5.92 Å². The number of halogens is 3. The Bertz CT molecular complexity index is 275. The molecule has 5 nitrogen and oxygen atoms in total. The molecule has 1 aliphatic heterocycles. The van der Waals surface area contributed by atoms with E-state index in [4.69, 9.17) is 9.90 Å². The minimum Gasteiger partial charge on any atom is -0.475 e. The van der Waals surface area contributed by atoms with Gasteiger partial charge in [-0.3, -0.25) is 4.79 Å². The number of rotatable bonds is 2. The van der Waals surface area contributed by atoms with Crippen molar-refractivity contribution in [2.45, 2.75) is 26.1 Å². The number of carboxylic acids is 1. The summed E-state index contributed by atoms with van der Waals surface area (Å²) in [5.41, 5.74) is 0. The molecule has 1 amide bonds. The van der Waals surface area contributed by atoms with Gasteiger partial charge in [-0.1, -0.05) is 0 Å². The lowest BCUT2D eigenvalue weighted by Gasteiger charge is -2.26. The maximum Gasteiger partial charge on any atom is 0.490 e. The second kappa shape index (κ2) is 6.43. The van der Waals surface area contributed by atoms with Gasteiger partial charge in [-0.2, -0.15) is 13.2 Å². The first-order valence-corrected chi connectivity index (χ1v) is 4.95. The summed E-state index contributed by atoms with van der Waals surface area (Å²) >= 11 is 0. The molecule has 0 unspecified atom stereocenters. The maximum atomic E-state index is 11.1. The van der Waals surface area contributed by atoms with Crippen molar-refractivity contribution in [2.24, 2.45) is 5.92 Å². The zero-order valence-electron chi connectivity index (χ0n) is 9.47. The average Bonchev–Trinajstić information content (AvgIpc) is 1.96. The molecular weight excluding hydrogens is 241 g/mol. The van der Waals surface area contributed by atoms with E-state index in [-0.39, 0.29) is 17.9 Å². The van der Waals surface area contributed by atoms with Crippen LogP contribution in [0.1, 0.15) is 13.8 Å². The van der Waals surface area contributed by atoms with Crippen molar-refractivity contribution in [3.63, 3.8) is 0 Å². The number of alkyl halides is 3. The minimum atomic E-state index is -5.08. The van der Waals surface area contributed by atoms with E-state index in [1.807, 2.05) is 13.8 Å². The lowest BCUT2D eigenvalue weighted by atomic mass is 10.0. The Morgan fingerprint density at radius 1 is 1.35 bits per heavy atom. The molecule has 1 heterocycles. The predicted octanol–water partition coefficient (Wildman–Crippen LogP) is 0.364. The predicted molar refractivity (Wildman–Crippen MR) is 53.3 cm³/mol. The normalized spacial score (nSPS) is 15.6. The van der Waals surface area contributed by atoms with Gasteiger partial charge in [0, 0.05) is 19.1 Å². The Hall–Kier alpha value is -1.31. The summed E-state index contributed by atoms with van der Waals surface area (Å²) in [5, 5.41) is 13.0. The summed E-state index contributed by atoms with van der Waals surface area (Å²) in [6.45, 7) is 5.64. The highest BCUT2D eigenvalue weighted by Crippen LogP contribution is 2.13. The van der Waals surface area contributed by atoms with E-state index < -0.39 is 12.1 Å². The van der Waals surface area contributed by atoms with Crippen LogP contribution in [0.5, 0.6) is 0 Å². The highest BCUT2D eigenvalue weighted by molar-refractivity contribution is 5.80. The minimum absolute atomic E-state index is 0.189. The van der Waals surface area contributed by atoms with Gasteiger partial charge >= 0.3 is 12.1 Å². The monoisotopic (exact) mass is 256 g/mol. The van der Waals surface area contributed by atoms with Gasteiger partial charge in [-0.25, -0.2) is 4.79 Å². The third-order valence-corrected chi connectivity index (χ3v) is 1.83. The molecule has 1 aliphatic rings. The lowest BCUT2D eigenvalue weighted by Crippen LogP contribution is -2.51. The van der Waals surface area contributed by atoms with E-state index in [9.17, 15) is 18.0 Å². The third-order valence-electron chi connectivity index (χ3n) is 1.83. The Labute approximate surface area is 96.4 Å². The second-order valence-corrected chi connectivity index (χ2v) is 3.82. The first-order chi connectivity index (χ1) is 7.64. The molecule has 0 bridgehead atoms. The zero-order chi connectivity index (χ0) is 13.6. The molecule has 1 fully saturated rings. The van der Waals surface area contributed by atoms with Crippen LogP contribution < -0.4 is 10.6 Å². The van der Waals surface area contributed by atoms with Crippen molar-refractivity contribution in [3.8, 4) is 0 Å². The first kappa shape index (κ1) is 15.7. The quantitative estimate of drug-likeness (QED) is 0.666. The summed E-state index contributed by atoms with van der Waals surface area (Å²) in [7, 11) is 0. The van der Waals surface area contributed by atoms with Crippen LogP contribution >= 0.6 is 0 Å². The van der Waals surface area contributed by atoms with E-state index in [1.165, 1.54) is 0 Å². The van der Waals surface area contributed by atoms with E-state index >= 15 is 0 Å². The number of aliphatic carboxylic acids is 1. The number of nitrogens with one attached hydrogen (secondary N) is 2. The van der Waals surface area contributed by atoms with Gasteiger partial charge in [-0.05, 0) is 13.8 Å². The number of amides is 1. The summed E-state index contributed by atoms with van der Waals surface area (Å²) in [6.07, 6.45) is -5.08. The maximum absolute atomic E-state index is 11.1. The van der Waals surface area contributed by atoms with Gasteiger partial charge in [0.15, 0.2) is 0 Å². The topological polar surface area (TPSA) is 78.4 Å². The Kier molecular flexibility index (Phi) is 5.94. The van der Waals surface area contributed by atoms with Crippen molar-refractivity contribution in [3.05, 3.63) is 0 Å². The highest BCUT2D eigenvalue weighted by Gasteiger charge is 2.38. The fraction of sp³-hybridized carbons (Fsp3) is 0.778. The summed E-state index contributed by atoms with van der Waals surface area (Å²) < 4.78 is 31.7. The van der Waals surface area contributed by atoms with Crippen LogP contribution in [0.15, 0.2) is 0 Å². The zero-order valence-corrected chi connectivity index (χ0v) is 9.47. The molecular formula is C9H15F3N2O3. The molecule has 0 spiro atoms. The number of hydrogen-bond acceptors (Lipinski definition) is 3. The van der Waals surface area contributed by atoms with Gasteiger partial charge in [0.05, 0.1) is 5.92 Å². The molecule has 0 aromatic heterocycles. The number of carbonyl (C=O) groups excluding carboxylic acids is 1. The van der Waals surface area contributed by atoms with Crippen LogP contribution in [0.2, 0.25) is 0 Å². The molecule has 0 aliphatic carbocycles. The van der Waals surface area contributed by atoms with Gasteiger partial charge < -0.3 is 15.7 Å². The standard InChI is InChI=1S/C7H14N2O.C2HF3O2/c1-5(2)9-7(10)6-3-8-4-6;3-2(4,5)1(6)7/h5-6,8H,3-4H2,1-2H3,(H,9,10);(H,6,7). The summed E-state index contributed by atoms with van der Waals surface area (Å²) in [4.78, 5) is 20.0. The van der Waals surface area contributed by atoms with Crippen LogP contribution in [0.3, 0.4) is 0 Å². The van der Waals surface area contributed by atoms with Crippen LogP contribution in [0.4, 0.5) is 13.2 Å². The largest absolute Gasteiger partial charge is 0.490 e. The molecule has 1 saturated heterocycles. The number of carbonyl (C=O) groups is 2. The average molecular weight is 256 g/mol. The Morgan fingerprint density at radius 2 is 1.76 bits per heavy atom. The Balaban J connectivity index is 0.000000325. The molecule has 100 valence electrons. The SMILES string of the molecule is CC(C)NC(=O)C1CNC1.O=C(O)C(F)(F)F. The van der Waals surface area contributed by atoms with Crippen LogP contribution in [0.25, 0.3) is 0 Å². The van der Waals surface area contributed by atoms with Crippen LogP contribution in [-0.2, 0) is 9.59 Å². The molecule has 0 aromatic carbocycles. The molecule has 1 rings (SSSR count). The number of hydrogen-bond donors (Lipinski definition) is 3. The van der Waals surface area contributed by atoms with Crippen molar-refractivity contribution in [1.82, 2.24) is 10.6 Å². The van der Waals surface area contributed by atoms with Gasteiger partial charge in [0.1, 0.15) is 0 Å². The van der Waals surface area contributed by atoms with Crippen molar-refractivity contribution in [1.29, 1.82) is 0 Å². The Morgan fingerprint density at radius 3 is 1.94 bits per heavy atom. The van der Waals surface area contributed by atoms with E-state index in [2.05, 4.69) is 10.6 Å². The first-order valence-electron chi connectivity index (χ1n) is 4.95. The summed E-state index contributed by atoms with van der Waals surface area (Å²) in [5.74, 6) is -2.34. The molecule has 8 heteroatoms. The van der Waals surface area contributed by atoms with Crippen molar-refractivity contribution < 1.29 is 27.9 Å². The number of carboxylic acid groups (broad SMARTS) is 1. The fourth-order valence-electron chi connectivity index (χ4n) is 0.876. The molecule has 0 radical (unpaired) electrons. The van der Waals surface area contributed by atoms with E-state index in [0.29, 0.717) is 0 Å². The summed E-state index contributed by atoms with van der Waals surface area (Å²) in [6, 6.07) is 0.271. The molecule has 0 aromatic rings. The molecule has 0 saturated carbocycles. The highest BCUT2D eigenvalue weighted by atomic mass is 19.4. The van der Waals surface area contributed by atoms with E-state index in [1.54, 1.807) is 0 Å². The molecule has 0 atom stereocenters. The smallest absolute Gasteiger partial charge is 0.475 e.